The van der Waals surface area contributed by atoms with Crippen LogP contribution >= 0.6 is 11.3 Å². The third kappa shape index (κ3) is 3.47. The maximum Gasteiger partial charge on any atom is 0.358 e. The third-order valence-electron chi connectivity index (χ3n) is 3.28. The Morgan fingerprint density at radius 2 is 1.83 bits per heavy atom. The van der Waals surface area contributed by atoms with Crippen molar-refractivity contribution >= 4 is 23.0 Å². The number of hydrogen-bond acceptors (Lipinski definition) is 6. The number of para-hydroxylation sites is 1. The summed E-state index contributed by atoms with van der Waals surface area (Å²) in [7, 11) is 0. The average Bonchev–Trinajstić information content (AvgIpc) is 3.11. The Bertz CT molecular complexity index is 877. The molecule has 0 saturated heterocycles. The van der Waals surface area contributed by atoms with E-state index in [0.717, 1.165) is 5.56 Å². The Morgan fingerprint density at radius 3 is 2.58 bits per heavy atom. The van der Waals surface area contributed by atoms with Crippen LogP contribution in [0.2, 0.25) is 0 Å². The molecule has 1 heterocycles. The number of carbonyl (C=O) groups excluding carboxylic acids is 1. The number of hydrogen-bond donors (Lipinski definition) is 0. The molecule has 0 N–H and O–H groups in total. The molecule has 0 atom stereocenters. The Balaban J connectivity index is 1.71. The summed E-state index contributed by atoms with van der Waals surface area (Å²) in [6, 6.07) is 15.7. The number of aromatic nitrogens is 1. The molecule has 0 amide bonds. The van der Waals surface area contributed by atoms with Gasteiger partial charge in [0.2, 0.25) is 0 Å². The van der Waals surface area contributed by atoms with Crippen molar-refractivity contribution in [2.24, 2.45) is 0 Å². The molecule has 2 aromatic carbocycles. The lowest BCUT2D eigenvalue weighted by Gasteiger charge is -2.04. The number of nitro benzene ring substituents is 1. The minimum Gasteiger partial charge on any atom is -0.456 e. The fraction of sp³-hybridized carbons (Fsp3) is 0.0588. The van der Waals surface area contributed by atoms with E-state index in [2.05, 4.69) is 4.98 Å². The summed E-state index contributed by atoms with van der Waals surface area (Å²) >= 11 is 1.34. The van der Waals surface area contributed by atoms with Crippen molar-refractivity contribution in [2.45, 2.75) is 6.61 Å². The molecule has 120 valence electrons. The topological polar surface area (TPSA) is 82.3 Å². The zero-order valence-corrected chi connectivity index (χ0v) is 13.2. The zero-order chi connectivity index (χ0) is 16.9. The van der Waals surface area contributed by atoms with E-state index in [1.807, 2.05) is 30.3 Å². The van der Waals surface area contributed by atoms with Gasteiger partial charge in [-0.05, 0) is 6.07 Å². The predicted molar refractivity (Wildman–Crippen MR) is 89.8 cm³/mol. The second-order valence-corrected chi connectivity index (χ2v) is 5.72. The van der Waals surface area contributed by atoms with Gasteiger partial charge < -0.3 is 4.74 Å². The molecule has 0 aliphatic rings. The summed E-state index contributed by atoms with van der Waals surface area (Å²) in [5.41, 5.74) is 1.38. The van der Waals surface area contributed by atoms with Crippen molar-refractivity contribution < 1.29 is 14.5 Å². The largest absolute Gasteiger partial charge is 0.456 e. The van der Waals surface area contributed by atoms with Crippen LogP contribution in [-0.2, 0) is 11.3 Å². The van der Waals surface area contributed by atoms with Gasteiger partial charge in [0.05, 0.1) is 10.5 Å². The maximum absolute atomic E-state index is 12.1. The first-order valence-corrected chi connectivity index (χ1v) is 7.93. The van der Waals surface area contributed by atoms with Crippen molar-refractivity contribution in [3.8, 4) is 10.6 Å². The van der Waals surface area contributed by atoms with E-state index in [1.54, 1.807) is 23.6 Å². The summed E-state index contributed by atoms with van der Waals surface area (Å²) in [6.07, 6.45) is 0. The van der Waals surface area contributed by atoms with Crippen LogP contribution in [-0.4, -0.2) is 15.9 Å². The van der Waals surface area contributed by atoms with E-state index in [1.165, 1.54) is 17.4 Å². The Hall–Kier alpha value is -3.06. The highest BCUT2D eigenvalue weighted by atomic mass is 32.1. The highest BCUT2D eigenvalue weighted by Gasteiger charge is 2.17. The number of nitrogens with zero attached hydrogens (tertiary/aromatic N) is 2. The van der Waals surface area contributed by atoms with E-state index >= 15 is 0 Å². The smallest absolute Gasteiger partial charge is 0.358 e. The van der Waals surface area contributed by atoms with Gasteiger partial charge in [0.1, 0.15) is 11.6 Å². The highest BCUT2D eigenvalue weighted by molar-refractivity contribution is 7.13. The molecule has 1 aromatic heterocycles. The van der Waals surface area contributed by atoms with Crippen molar-refractivity contribution in [3.05, 3.63) is 81.3 Å². The zero-order valence-electron chi connectivity index (χ0n) is 12.4. The first-order chi connectivity index (χ1) is 11.6. The molecule has 7 heteroatoms. The Labute approximate surface area is 141 Å². The number of esters is 1. The Kier molecular flexibility index (Phi) is 4.62. The van der Waals surface area contributed by atoms with E-state index in [0.29, 0.717) is 10.6 Å². The Morgan fingerprint density at radius 1 is 1.12 bits per heavy atom. The van der Waals surface area contributed by atoms with Crippen molar-refractivity contribution in [1.82, 2.24) is 4.98 Å². The number of ether oxygens (including phenoxy) is 1. The first-order valence-electron chi connectivity index (χ1n) is 7.05. The number of thiazole rings is 1. The number of carbonyl (C=O) groups is 1. The molecule has 0 spiro atoms. The predicted octanol–water partition coefficient (Wildman–Crippen LogP) is 4.08. The van der Waals surface area contributed by atoms with Crippen LogP contribution in [0.25, 0.3) is 10.6 Å². The van der Waals surface area contributed by atoms with Gasteiger partial charge in [0, 0.05) is 17.0 Å². The van der Waals surface area contributed by atoms with E-state index in [9.17, 15) is 14.9 Å². The lowest BCUT2D eigenvalue weighted by Crippen LogP contribution is -2.07. The van der Waals surface area contributed by atoms with Gasteiger partial charge in [0.25, 0.3) is 5.69 Å². The summed E-state index contributed by atoms with van der Waals surface area (Å²) in [5, 5.41) is 13.3. The molecule has 0 saturated carbocycles. The van der Waals surface area contributed by atoms with Crippen LogP contribution in [0.5, 0.6) is 0 Å². The summed E-state index contributed by atoms with van der Waals surface area (Å²) in [4.78, 5) is 26.8. The monoisotopic (exact) mass is 340 g/mol. The standard InChI is InChI=1S/C17H12N2O4S/c20-17(23-10-13-8-4-5-9-15(13)19(21)22)14-11-24-16(18-14)12-6-2-1-3-7-12/h1-9,11H,10H2. The number of benzene rings is 2. The molecule has 3 aromatic rings. The number of rotatable bonds is 5. The molecule has 0 fully saturated rings. The summed E-state index contributed by atoms with van der Waals surface area (Å²) < 4.78 is 5.15. The van der Waals surface area contributed by atoms with Gasteiger partial charge in [-0.3, -0.25) is 10.1 Å². The van der Waals surface area contributed by atoms with Crippen molar-refractivity contribution in [2.75, 3.05) is 0 Å². The van der Waals surface area contributed by atoms with E-state index in [4.69, 9.17) is 4.74 Å². The van der Waals surface area contributed by atoms with Gasteiger partial charge >= 0.3 is 5.97 Å². The lowest BCUT2D eigenvalue weighted by molar-refractivity contribution is -0.385. The van der Waals surface area contributed by atoms with Crippen LogP contribution in [0, 0.1) is 10.1 Å². The SMILES string of the molecule is O=C(OCc1ccccc1[N+](=O)[O-])c1csc(-c2ccccc2)n1. The van der Waals surface area contributed by atoms with Crippen molar-refractivity contribution in [3.63, 3.8) is 0 Å². The molecule has 0 bridgehead atoms. The lowest BCUT2D eigenvalue weighted by atomic mass is 10.2. The van der Waals surface area contributed by atoms with Gasteiger partial charge in [-0.15, -0.1) is 11.3 Å². The van der Waals surface area contributed by atoms with Crippen LogP contribution in [0.3, 0.4) is 0 Å². The summed E-state index contributed by atoms with van der Waals surface area (Å²) in [6.45, 7) is -0.172. The number of nitro groups is 1. The first kappa shape index (κ1) is 15.8. The van der Waals surface area contributed by atoms with Crippen LogP contribution in [0.1, 0.15) is 16.1 Å². The minimum atomic E-state index is -0.605. The van der Waals surface area contributed by atoms with E-state index in [-0.39, 0.29) is 18.0 Å². The maximum atomic E-state index is 12.1. The van der Waals surface area contributed by atoms with Crippen molar-refractivity contribution in [1.29, 1.82) is 0 Å². The molecule has 3 rings (SSSR count). The second-order valence-electron chi connectivity index (χ2n) is 4.87. The quantitative estimate of drug-likeness (QED) is 0.397. The van der Waals surface area contributed by atoms with Gasteiger partial charge in [-0.1, -0.05) is 42.5 Å². The molecule has 24 heavy (non-hydrogen) atoms. The second kappa shape index (κ2) is 7.01. The van der Waals surface area contributed by atoms with Gasteiger partial charge in [-0.2, -0.15) is 0 Å². The fourth-order valence-electron chi connectivity index (χ4n) is 2.11. The molecule has 0 aliphatic heterocycles. The fourth-order valence-corrected chi connectivity index (χ4v) is 2.90. The molecule has 0 unspecified atom stereocenters. The molecule has 0 radical (unpaired) electrons. The molecule has 6 nitrogen and oxygen atoms in total. The molecule has 0 aliphatic carbocycles. The minimum absolute atomic E-state index is 0.0754. The highest BCUT2D eigenvalue weighted by Crippen LogP contribution is 2.24. The molecular weight excluding hydrogens is 328 g/mol. The van der Waals surface area contributed by atoms with E-state index < -0.39 is 10.9 Å². The van der Waals surface area contributed by atoms with Crippen LogP contribution in [0.15, 0.2) is 60.0 Å². The third-order valence-corrected chi connectivity index (χ3v) is 4.17. The van der Waals surface area contributed by atoms with Gasteiger partial charge in [-0.25, -0.2) is 9.78 Å². The van der Waals surface area contributed by atoms with Crippen LogP contribution in [0.4, 0.5) is 5.69 Å². The normalized spacial score (nSPS) is 10.3. The van der Waals surface area contributed by atoms with Crippen LogP contribution < -0.4 is 0 Å². The average molecular weight is 340 g/mol. The molecular formula is C17H12N2O4S. The van der Waals surface area contributed by atoms with Gasteiger partial charge in [0.15, 0.2) is 5.69 Å². The summed E-state index contributed by atoms with van der Waals surface area (Å²) in [5.74, 6) is -0.605.